The number of ether oxygens (including phenoxy) is 1. The van der Waals surface area contributed by atoms with Gasteiger partial charge in [0.25, 0.3) is 5.91 Å². The van der Waals surface area contributed by atoms with E-state index in [0.29, 0.717) is 24.3 Å². The van der Waals surface area contributed by atoms with Crippen molar-refractivity contribution in [2.24, 2.45) is 17.8 Å². The molecule has 2 aromatic rings. The number of amides is 2. The van der Waals surface area contributed by atoms with E-state index in [1.807, 2.05) is 37.3 Å². The Morgan fingerprint density at radius 3 is 2.51 bits per heavy atom. The summed E-state index contributed by atoms with van der Waals surface area (Å²) in [6.45, 7) is 5.73. The van der Waals surface area contributed by atoms with Crippen LogP contribution >= 0.6 is 11.8 Å². The van der Waals surface area contributed by atoms with Gasteiger partial charge in [0.15, 0.2) is 0 Å². The average Bonchev–Trinajstić information content (AvgIpc) is 3.54. The lowest BCUT2D eigenvalue weighted by atomic mass is 9.66. The molecule has 1 spiro atoms. The zero-order valence-corrected chi connectivity index (χ0v) is 22.9. The topological polar surface area (TPSA) is 107 Å². The van der Waals surface area contributed by atoms with Crippen LogP contribution in [0.2, 0.25) is 0 Å². The first-order chi connectivity index (χ1) is 18.8. The van der Waals surface area contributed by atoms with Crippen LogP contribution in [0.25, 0.3) is 0 Å². The van der Waals surface area contributed by atoms with Gasteiger partial charge in [-0.3, -0.25) is 14.4 Å². The molecule has 8 nitrogen and oxygen atoms in total. The summed E-state index contributed by atoms with van der Waals surface area (Å²) in [5.74, 6) is -2.79. The quantitative estimate of drug-likeness (QED) is 0.438. The Hall–Kier alpha value is -3.30. The molecule has 3 unspecified atom stereocenters. The molecule has 2 N–H and O–H groups in total. The number of hydrogen-bond acceptors (Lipinski definition) is 6. The highest BCUT2D eigenvalue weighted by Crippen LogP contribution is 2.69. The van der Waals surface area contributed by atoms with Crippen LogP contribution in [0, 0.1) is 17.8 Å². The molecule has 206 valence electrons. The van der Waals surface area contributed by atoms with Crippen LogP contribution in [0.4, 0.5) is 5.69 Å². The summed E-state index contributed by atoms with van der Waals surface area (Å²) in [5, 5.41) is 20.5. The van der Waals surface area contributed by atoms with Gasteiger partial charge in [-0.05, 0) is 48.6 Å². The van der Waals surface area contributed by atoms with Gasteiger partial charge in [0.05, 0.1) is 36.3 Å². The molecule has 3 heterocycles. The Bertz CT molecular complexity index is 1250. The maximum atomic E-state index is 14.7. The number of benzene rings is 2. The summed E-state index contributed by atoms with van der Waals surface area (Å²) in [7, 11) is 1.57. The predicted molar refractivity (Wildman–Crippen MR) is 150 cm³/mol. The van der Waals surface area contributed by atoms with Gasteiger partial charge in [-0.2, -0.15) is 0 Å². The number of aliphatic hydroxyl groups is 1. The minimum absolute atomic E-state index is 0.0616. The zero-order valence-electron chi connectivity index (χ0n) is 22.1. The average molecular weight is 551 g/mol. The summed E-state index contributed by atoms with van der Waals surface area (Å²) in [5.41, 5.74) is 1.54. The normalized spacial score (nSPS) is 29.7. The molecule has 5 rings (SSSR count). The largest absolute Gasteiger partial charge is 0.497 e. The second-order valence-corrected chi connectivity index (χ2v) is 12.1. The summed E-state index contributed by atoms with van der Waals surface area (Å²) in [6, 6.07) is 15.0. The van der Waals surface area contributed by atoms with Gasteiger partial charge < -0.3 is 24.7 Å². The van der Waals surface area contributed by atoms with E-state index in [0.717, 1.165) is 5.56 Å². The standard InChI is InChI=1S/C30H34N2O6S/c1-4-14-31(20-10-12-22(38-3)13-11-20)28(35)26-30-18(2)15-23(39-30)24(29(36)37)25(30)27(34)32(26)21(17-33)16-19-8-6-5-7-9-19/h4-13,18,21,23-26,33H,1,14-17H2,2-3H3,(H,36,37)/t18?,21-,23-,24+,25+,26?,30?/m1/s1. The Morgan fingerprint density at radius 1 is 1.23 bits per heavy atom. The smallest absolute Gasteiger partial charge is 0.308 e. The van der Waals surface area contributed by atoms with Gasteiger partial charge in [-0.25, -0.2) is 0 Å². The first-order valence-electron chi connectivity index (χ1n) is 13.2. The molecule has 0 saturated carbocycles. The van der Waals surface area contributed by atoms with Crippen molar-refractivity contribution in [1.82, 2.24) is 4.90 Å². The first kappa shape index (κ1) is 27.3. The van der Waals surface area contributed by atoms with E-state index in [-0.39, 0.29) is 36.1 Å². The molecule has 9 heteroatoms. The van der Waals surface area contributed by atoms with Gasteiger partial charge >= 0.3 is 5.97 Å². The maximum Gasteiger partial charge on any atom is 0.308 e. The minimum Gasteiger partial charge on any atom is -0.497 e. The van der Waals surface area contributed by atoms with Gasteiger partial charge in [-0.1, -0.05) is 43.3 Å². The molecule has 3 aliphatic heterocycles. The van der Waals surface area contributed by atoms with E-state index < -0.39 is 34.6 Å². The Labute approximate surface area is 232 Å². The second kappa shape index (κ2) is 10.7. The number of carbonyl (C=O) groups is 3. The van der Waals surface area contributed by atoms with Gasteiger partial charge in [0.1, 0.15) is 11.8 Å². The number of carbonyl (C=O) groups excluding carboxylic acids is 2. The number of anilines is 1. The highest BCUT2D eigenvalue weighted by molar-refractivity contribution is 8.02. The third-order valence-electron chi connectivity index (χ3n) is 8.58. The van der Waals surface area contributed by atoms with Crippen LogP contribution in [0.5, 0.6) is 5.75 Å². The van der Waals surface area contributed by atoms with Crippen molar-refractivity contribution >= 4 is 35.2 Å². The van der Waals surface area contributed by atoms with Crippen molar-refractivity contribution in [3.8, 4) is 5.75 Å². The predicted octanol–water partition coefficient (Wildman–Crippen LogP) is 3.24. The van der Waals surface area contributed by atoms with Crippen molar-refractivity contribution in [2.75, 3.05) is 25.2 Å². The highest BCUT2D eigenvalue weighted by atomic mass is 32.2. The third kappa shape index (κ3) is 4.32. The Morgan fingerprint density at radius 2 is 1.92 bits per heavy atom. The van der Waals surface area contributed by atoms with Gasteiger partial charge in [0.2, 0.25) is 5.91 Å². The lowest BCUT2D eigenvalue weighted by Gasteiger charge is -2.42. The molecule has 3 aliphatic rings. The van der Waals surface area contributed by atoms with Crippen molar-refractivity contribution in [2.45, 2.75) is 41.8 Å². The SMILES string of the molecule is C=CCN(C(=O)C1N([C@@H](CO)Cc2ccccc2)C(=O)[C@@H]2[C@@H](C(=O)O)[C@H]3CC(C)C12S3)c1ccc(OC)cc1. The molecular formula is C30H34N2O6S. The fourth-order valence-corrected chi connectivity index (χ4v) is 9.31. The number of methoxy groups -OCH3 is 1. The van der Waals surface area contributed by atoms with Crippen LogP contribution < -0.4 is 9.64 Å². The fourth-order valence-electron chi connectivity index (χ4n) is 6.91. The van der Waals surface area contributed by atoms with E-state index in [1.165, 1.54) is 16.7 Å². The number of likely N-dealkylation sites (tertiary alicyclic amines) is 1. The van der Waals surface area contributed by atoms with Crippen LogP contribution in [0.3, 0.4) is 0 Å². The number of aliphatic carboxylic acids is 1. The van der Waals surface area contributed by atoms with E-state index in [1.54, 1.807) is 42.4 Å². The summed E-state index contributed by atoms with van der Waals surface area (Å²) in [4.78, 5) is 44.5. The van der Waals surface area contributed by atoms with E-state index in [2.05, 4.69) is 6.58 Å². The third-order valence-corrected chi connectivity index (χ3v) is 10.7. The van der Waals surface area contributed by atoms with Crippen molar-refractivity contribution < 1.29 is 29.3 Å². The van der Waals surface area contributed by atoms with Crippen molar-refractivity contribution in [1.29, 1.82) is 0 Å². The summed E-state index contributed by atoms with van der Waals surface area (Å²) < 4.78 is 4.38. The van der Waals surface area contributed by atoms with Gasteiger partial charge in [-0.15, -0.1) is 18.3 Å². The van der Waals surface area contributed by atoms with Crippen LogP contribution in [-0.2, 0) is 20.8 Å². The monoisotopic (exact) mass is 550 g/mol. The maximum absolute atomic E-state index is 14.7. The van der Waals surface area contributed by atoms with Crippen molar-refractivity contribution in [3.05, 3.63) is 72.8 Å². The molecule has 39 heavy (non-hydrogen) atoms. The molecule has 7 atom stereocenters. The molecule has 2 bridgehead atoms. The number of fused-ring (bicyclic) bond motifs is 1. The van der Waals surface area contributed by atoms with Crippen molar-refractivity contribution in [3.63, 3.8) is 0 Å². The number of thioether (sulfide) groups is 1. The molecule has 0 aliphatic carbocycles. The lowest BCUT2D eigenvalue weighted by molar-refractivity contribution is -0.149. The number of aliphatic hydroxyl groups excluding tert-OH is 1. The van der Waals surface area contributed by atoms with Gasteiger partial charge in [0, 0.05) is 17.5 Å². The Kier molecular flexibility index (Phi) is 7.48. The van der Waals surface area contributed by atoms with E-state index >= 15 is 0 Å². The fraction of sp³-hybridized carbons (Fsp3) is 0.433. The number of carboxylic acids is 1. The van der Waals surface area contributed by atoms with E-state index in [4.69, 9.17) is 4.74 Å². The molecule has 2 aromatic carbocycles. The summed E-state index contributed by atoms with van der Waals surface area (Å²) >= 11 is 1.49. The molecular weight excluding hydrogens is 516 g/mol. The molecule has 0 radical (unpaired) electrons. The number of carboxylic acid groups (broad SMARTS) is 1. The van der Waals surface area contributed by atoms with Crippen LogP contribution in [0.15, 0.2) is 67.3 Å². The number of nitrogens with zero attached hydrogens (tertiary/aromatic N) is 2. The lowest BCUT2D eigenvalue weighted by Crippen LogP contribution is -2.59. The minimum atomic E-state index is -1.01. The highest BCUT2D eigenvalue weighted by Gasteiger charge is 2.77. The second-order valence-electron chi connectivity index (χ2n) is 10.6. The van der Waals surface area contributed by atoms with Crippen LogP contribution in [0.1, 0.15) is 18.9 Å². The molecule has 0 aromatic heterocycles. The van der Waals surface area contributed by atoms with Crippen LogP contribution in [-0.4, -0.2) is 75.2 Å². The zero-order chi connectivity index (χ0) is 27.9. The molecule has 3 fully saturated rings. The number of hydrogen-bond donors (Lipinski definition) is 2. The molecule has 2 amide bonds. The molecule has 3 saturated heterocycles. The number of rotatable bonds is 10. The first-order valence-corrected chi connectivity index (χ1v) is 14.1. The Balaban J connectivity index is 1.62. The summed E-state index contributed by atoms with van der Waals surface area (Å²) in [6.07, 6.45) is 2.60. The van der Waals surface area contributed by atoms with E-state index in [9.17, 15) is 24.6 Å².